The number of rotatable bonds is 2. The molecule has 1 saturated heterocycles. The number of cyclic esters (lactones) is 2. The van der Waals surface area contributed by atoms with Crippen LogP contribution in [0.5, 0.6) is 0 Å². The van der Waals surface area contributed by atoms with Crippen molar-refractivity contribution in [2.75, 3.05) is 0 Å². The van der Waals surface area contributed by atoms with Crippen LogP contribution in [0.2, 0.25) is 0 Å². The van der Waals surface area contributed by atoms with Crippen LogP contribution in [0, 0.1) is 0 Å². The molecule has 0 atom stereocenters. The van der Waals surface area contributed by atoms with Gasteiger partial charge in [0.2, 0.25) is 0 Å². The number of ether oxygens (including phenoxy) is 2. The van der Waals surface area contributed by atoms with E-state index in [1.165, 1.54) is 19.9 Å². The normalized spacial score (nSPS) is 17.2. The molecule has 3 rings (SSSR count). The van der Waals surface area contributed by atoms with E-state index >= 15 is 0 Å². The Kier molecular flexibility index (Phi) is 3.74. The Morgan fingerprint density at radius 3 is 2.26 bits per heavy atom. The first-order valence-corrected chi connectivity index (χ1v) is 7.28. The fourth-order valence-electron chi connectivity index (χ4n) is 2.36. The van der Waals surface area contributed by atoms with Gasteiger partial charge in [-0.05, 0) is 28.5 Å². The van der Waals surface area contributed by atoms with Crippen LogP contribution in [0.15, 0.2) is 60.2 Å². The maximum atomic E-state index is 11.8. The first kappa shape index (κ1) is 15.0. The number of carbonyl (C=O) groups is 2. The minimum Gasteiger partial charge on any atom is -0.419 e. The number of carbonyl (C=O) groups excluding carboxylic acids is 2. The van der Waals surface area contributed by atoms with Gasteiger partial charge in [-0.25, -0.2) is 9.59 Å². The Morgan fingerprint density at radius 1 is 0.913 bits per heavy atom. The number of esters is 2. The SMILES string of the molecule is CC1(C)OC(=O)C(=CC=Cc2ccc3ccccc3c2)C(=O)O1. The minimum atomic E-state index is -1.21. The summed E-state index contributed by atoms with van der Waals surface area (Å²) in [6.45, 7) is 3.04. The van der Waals surface area contributed by atoms with E-state index in [1.54, 1.807) is 6.08 Å². The average Bonchev–Trinajstić information content (AvgIpc) is 2.49. The van der Waals surface area contributed by atoms with Crippen LogP contribution in [0.4, 0.5) is 0 Å². The van der Waals surface area contributed by atoms with E-state index in [4.69, 9.17) is 9.47 Å². The Morgan fingerprint density at radius 2 is 1.57 bits per heavy atom. The summed E-state index contributed by atoms with van der Waals surface area (Å²) in [5.74, 6) is -2.56. The van der Waals surface area contributed by atoms with Crippen LogP contribution in [-0.2, 0) is 19.1 Å². The predicted octanol–water partition coefficient (Wildman–Crippen LogP) is 3.62. The molecule has 4 heteroatoms. The number of fused-ring (bicyclic) bond motifs is 1. The standard InChI is InChI=1S/C19H16O4/c1-19(2)22-17(20)16(18(21)23-19)9-5-6-13-10-11-14-7-3-4-8-15(14)12-13/h3-12H,1-2H3. The predicted molar refractivity (Wildman–Crippen MR) is 87.3 cm³/mol. The lowest BCUT2D eigenvalue weighted by Crippen LogP contribution is -2.41. The Balaban J connectivity index is 1.81. The number of hydrogen-bond donors (Lipinski definition) is 0. The van der Waals surface area contributed by atoms with Gasteiger partial charge < -0.3 is 9.47 Å². The second-order valence-corrected chi connectivity index (χ2v) is 5.72. The molecule has 1 fully saturated rings. The molecule has 2 aromatic rings. The number of benzene rings is 2. The molecule has 23 heavy (non-hydrogen) atoms. The topological polar surface area (TPSA) is 52.6 Å². The van der Waals surface area contributed by atoms with E-state index in [1.807, 2.05) is 48.5 Å². The summed E-state index contributed by atoms with van der Waals surface area (Å²) in [7, 11) is 0. The van der Waals surface area contributed by atoms with Gasteiger partial charge in [-0.15, -0.1) is 0 Å². The van der Waals surface area contributed by atoms with Gasteiger partial charge in [0, 0.05) is 13.8 Å². The Labute approximate surface area is 134 Å². The van der Waals surface area contributed by atoms with Crippen LogP contribution < -0.4 is 0 Å². The van der Waals surface area contributed by atoms with Crippen LogP contribution >= 0.6 is 0 Å². The lowest BCUT2D eigenvalue weighted by atomic mass is 10.1. The lowest BCUT2D eigenvalue weighted by Gasteiger charge is -2.29. The van der Waals surface area contributed by atoms with Crippen LogP contribution in [0.25, 0.3) is 16.8 Å². The first-order valence-electron chi connectivity index (χ1n) is 7.28. The highest BCUT2D eigenvalue weighted by Gasteiger charge is 2.38. The highest BCUT2D eigenvalue weighted by atomic mass is 16.7. The van der Waals surface area contributed by atoms with Gasteiger partial charge in [0.25, 0.3) is 5.79 Å². The molecule has 1 aliphatic rings. The second-order valence-electron chi connectivity index (χ2n) is 5.72. The highest BCUT2D eigenvalue weighted by Crippen LogP contribution is 2.23. The molecule has 1 heterocycles. The Bertz CT molecular complexity index is 821. The summed E-state index contributed by atoms with van der Waals surface area (Å²) in [4.78, 5) is 23.6. The fourth-order valence-corrected chi connectivity index (χ4v) is 2.36. The molecule has 0 N–H and O–H groups in total. The van der Waals surface area contributed by atoms with E-state index in [2.05, 4.69) is 0 Å². The molecule has 0 aliphatic carbocycles. The third kappa shape index (κ3) is 3.31. The molecule has 0 amide bonds. The molecule has 116 valence electrons. The van der Waals surface area contributed by atoms with Crippen LogP contribution in [0.3, 0.4) is 0 Å². The van der Waals surface area contributed by atoms with Crippen molar-refractivity contribution in [1.82, 2.24) is 0 Å². The fraction of sp³-hybridized carbons (Fsp3) is 0.158. The van der Waals surface area contributed by atoms with E-state index in [9.17, 15) is 9.59 Å². The third-order valence-electron chi connectivity index (χ3n) is 3.44. The molecular weight excluding hydrogens is 292 g/mol. The van der Waals surface area contributed by atoms with Gasteiger partial charge in [-0.3, -0.25) is 0 Å². The van der Waals surface area contributed by atoms with Crippen molar-refractivity contribution in [2.24, 2.45) is 0 Å². The van der Waals surface area contributed by atoms with Crippen LogP contribution in [0.1, 0.15) is 19.4 Å². The van der Waals surface area contributed by atoms with Gasteiger partial charge >= 0.3 is 11.9 Å². The van der Waals surface area contributed by atoms with Gasteiger partial charge in [0.15, 0.2) is 0 Å². The van der Waals surface area contributed by atoms with Gasteiger partial charge in [-0.1, -0.05) is 48.6 Å². The molecule has 0 unspecified atom stereocenters. The van der Waals surface area contributed by atoms with Crippen molar-refractivity contribution in [3.8, 4) is 0 Å². The first-order chi connectivity index (χ1) is 10.9. The molecule has 4 nitrogen and oxygen atoms in total. The molecule has 0 bridgehead atoms. The maximum absolute atomic E-state index is 11.8. The summed E-state index contributed by atoms with van der Waals surface area (Å²) >= 11 is 0. The zero-order valence-electron chi connectivity index (χ0n) is 12.9. The summed E-state index contributed by atoms with van der Waals surface area (Å²) < 4.78 is 10.1. The quantitative estimate of drug-likeness (QED) is 0.483. The Hall–Kier alpha value is -2.88. The molecule has 0 spiro atoms. The third-order valence-corrected chi connectivity index (χ3v) is 3.44. The molecule has 1 aliphatic heterocycles. The molecule has 0 saturated carbocycles. The van der Waals surface area contributed by atoms with Crippen LogP contribution in [-0.4, -0.2) is 17.7 Å². The van der Waals surface area contributed by atoms with E-state index in [-0.39, 0.29) is 5.57 Å². The number of hydrogen-bond acceptors (Lipinski definition) is 4. The zero-order valence-corrected chi connectivity index (χ0v) is 12.9. The number of allylic oxidation sites excluding steroid dienone is 2. The van der Waals surface area contributed by atoms with Crippen molar-refractivity contribution >= 4 is 28.8 Å². The minimum absolute atomic E-state index is 0.110. The van der Waals surface area contributed by atoms with E-state index in [0.717, 1.165) is 16.3 Å². The van der Waals surface area contributed by atoms with E-state index in [0.29, 0.717) is 0 Å². The van der Waals surface area contributed by atoms with E-state index < -0.39 is 17.7 Å². The summed E-state index contributed by atoms with van der Waals surface area (Å²) in [5.41, 5.74) is 0.861. The molecule has 0 aromatic heterocycles. The van der Waals surface area contributed by atoms with Crippen molar-refractivity contribution in [3.63, 3.8) is 0 Å². The summed E-state index contributed by atoms with van der Waals surface area (Å²) in [6, 6.07) is 14.1. The van der Waals surface area contributed by atoms with Gasteiger partial charge in [0.05, 0.1) is 0 Å². The lowest BCUT2D eigenvalue weighted by molar-refractivity contribution is -0.222. The maximum Gasteiger partial charge on any atom is 0.348 e. The largest absolute Gasteiger partial charge is 0.419 e. The molecular formula is C19H16O4. The average molecular weight is 308 g/mol. The second kappa shape index (κ2) is 5.72. The smallest absolute Gasteiger partial charge is 0.348 e. The van der Waals surface area contributed by atoms with Crippen molar-refractivity contribution < 1.29 is 19.1 Å². The molecule has 0 radical (unpaired) electrons. The van der Waals surface area contributed by atoms with Crippen molar-refractivity contribution in [1.29, 1.82) is 0 Å². The zero-order chi connectivity index (χ0) is 16.4. The van der Waals surface area contributed by atoms with Crippen molar-refractivity contribution in [2.45, 2.75) is 19.6 Å². The monoisotopic (exact) mass is 308 g/mol. The van der Waals surface area contributed by atoms with Gasteiger partial charge in [0.1, 0.15) is 5.57 Å². The summed E-state index contributed by atoms with van der Waals surface area (Å²) in [5, 5.41) is 2.28. The summed E-state index contributed by atoms with van der Waals surface area (Å²) in [6.07, 6.45) is 4.87. The van der Waals surface area contributed by atoms with Crippen molar-refractivity contribution in [3.05, 3.63) is 65.8 Å². The molecule has 2 aromatic carbocycles. The van der Waals surface area contributed by atoms with Gasteiger partial charge in [-0.2, -0.15) is 0 Å². The highest BCUT2D eigenvalue weighted by molar-refractivity contribution is 6.15.